The number of nitrogens with zero attached hydrogens (tertiary/aromatic N) is 2. The van der Waals surface area contributed by atoms with Crippen molar-refractivity contribution < 1.29 is 4.79 Å². The van der Waals surface area contributed by atoms with Gasteiger partial charge in [0.15, 0.2) is 0 Å². The lowest BCUT2D eigenvalue weighted by Gasteiger charge is -2.11. The van der Waals surface area contributed by atoms with E-state index in [1.165, 1.54) is 4.90 Å². The van der Waals surface area contributed by atoms with Crippen LogP contribution in [0.2, 0.25) is 0 Å². The third-order valence-electron chi connectivity index (χ3n) is 2.83. The van der Waals surface area contributed by atoms with Crippen LogP contribution in [0.4, 0.5) is 5.82 Å². The van der Waals surface area contributed by atoms with E-state index >= 15 is 0 Å². The molecule has 1 aromatic heterocycles. The minimum Gasteiger partial charge on any atom is -0.366 e. The largest absolute Gasteiger partial charge is 0.366 e. The van der Waals surface area contributed by atoms with Crippen LogP contribution in [0.25, 0.3) is 0 Å². The summed E-state index contributed by atoms with van der Waals surface area (Å²) in [5.74, 6) is 0.700. The van der Waals surface area contributed by atoms with Crippen molar-refractivity contribution in [2.75, 3.05) is 19.4 Å². The highest BCUT2D eigenvalue weighted by atomic mass is 79.9. The quantitative estimate of drug-likeness (QED) is 0.934. The maximum Gasteiger partial charge on any atom is 0.254 e. The summed E-state index contributed by atoms with van der Waals surface area (Å²) in [5, 5.41) is 3.23. The Hall–Kier alpha value is -1.88. The number of amides is 1. The van der Waals surface area contributed by atoms with Gasteiger partial charge in [-0.2, -0.15) is 0 Å². The highest BCUT2D eigenvalue weighted by molar-refractivity contribution is 9.10. The molecule has 104 valence electrons. The summed E-state index contributed by atoms with van der Waals surface area (Å²) in [6.45, 7) is 0.676. The highest BCUT2D eigenvalue weighted by Crippen LogP contribution is 2.17. The average molecular weight is 334 g/mol. The van der Waals surface area contributed by atoms with Gasteiger partial charge in [-0.05, 0) is 23.8 Å². The second kappa shape index (κ2) is 6.52. The lowest BCUT2D eigenvalue weighted by atomic mass is 10.2. The van der Waals surface area contributed by atoms with Crippen LogP contribution >= 0.6 is 15.9 Å². The Bertz CT molecular complexity index is 596. The second-order valence-electron chi connectivity index (χ2n) is 4.58. The number of pyridine rings is 1. The number of anilines is 1. The van der Waals surface area contributed by atoms with E-state index in [0.717, 1.165) is 15.9 Å². The number of carbonyl (C=O) groups excluding carboxylic acids is 1. The van der Waals surface area contributed by atoms with Gasteiger partial charge < -0.3 is 10.2 Å². The number of hydrogen-bond acceptors (Lipinski definition) is 3. The van der Waals surface area contributed by atoms with Gasteiger partial charge in [0.1, 0.15) is 5.82 Å². The Morgan fingerprint density at radius 1 is 1.25 bits per heavy atom. The Balaban J connectivity index is 2.01. The topological polar surface area (TPSA) is 45.2 Å². The molecule has 5 heteroatoms. The van der Waals surface area contributed by atoms with E-state index in [0.29, 0.717) is 12.1 Å². The number of aromatic nitrogens is 1. The molecule has 2 rings (SSSR count). The van der Waals surface area contributed by atoms with Crippen molar-refractivity contribution in [1.82, 2.24) is 9.88 Å². The van der Waals surface area contributed by atoms with Crippen molar-refractivity contribution in [3.05, 3.63) is 58.2 Å². The van der Waals surface area contributed by atoms with Crippen molar-refractivity contribution in [3.8, 4) is 0 Å². The van der Waals surface area contributed by atoms with E-state index in [9.17, 15) is 4.79 Å². The van der Waals surface area contributed by atoms with E-state index in [4.69, 9.17) is 0 Å². The molecule has 0 aliphatic carbocycles. The zero-order chi connectivity index (χ0) is 14.5. The Morgan fingerprint density at radius 3 is 2.60 bits per heavy atom. The Morgan fingerprint density at radius 2 is 2.00 bits per heavy atom. The van der Waals surface area contributed by atoms with Gasteiger partial charge in [-0.1, -0.05) is 34.1 Å². The van der Waals surface area contributed by atoms with Gasteiger partial charge in [-0.25, -0.2) is 4.98 Å². The second-order valence-corrected chi connectivity index (χ2v) is 5.43. The van der Waals surface area contributed by atoms with Crippen molar-refractivity contribution in [2.45, 2.75) is 6.54 Å². The molecule has 0 aliphatic rings. The minimum atomic E-state index is -0.0464. The van der Waals surface area contributed by atoms with Crippen LogP contribution in [0.15, 0.2) is 47.1 Å². The highest BCUT2D eigenvalue weighted by Gasteiger charge is 2.08. The van der Waals surface area contributed by atoms with E-state index in [-0.39, 0.29) is 5.91 Å². The van der Waals surface area contributed by atoms with Gasteiger partial charge in [0, 0.05) is 31.3 Å². The molecule has 0 aliphatic heterocycles. The molecular formula is C15H16BrN3O. The predicted molar refractivity (Wildman–Crippen MR) is 83.7 cm³/mol. The molecule has 4 nitrogen and oxygen atoms in total. The van der Waals surface area contributed by atoms with Gasteiger partial charge in [-0.15, -0.1) is 0 Å². The first-order valence-corrected chi connectivity index (χ1v) is 7.02. The van der Waals surface area contributed by atoms with Crippen LogP contribution in [-0.4, -0.2) is 29.9 Å². The van der Waals surface area contributed by atoms with Crippen molar-refractivity contribution in [1.29, 1.82) is 0 Å². The fourth-order valence-corrected chi connectivity index (χ4v) is 2.14. The van der Waals surface area contributed by atoms with E-state index in [2.05, 4.69) is 26.2 Å². The van der Waals surface area contributed by atoms with Crippen LogP contribution in [0, 0.1) is 0 Å². The van der Waals surface area contributed by atoms with Gasteiger partial charge >= 0.3 is 0 Å². The molecule has 20 heavy (non-hydrogen) atoms. The first-order chi connectivity index (χ1) is 9.58. The Labute approximate surface area is 127 Å². The molecule has 1 heterocycles. The van der Waals surface area contributed by atoms with Gasteiger partial charge in [0.05, 0.1) is 5.56 Å². The van der Waals surface area contributed by atoms with E-state index < -0.39 is 0 Å². The van der Waals surface area contributed by atoms with Crippen molar-refractivity contribution >= 4 is 27.7 Å². The molecule has 2 aromatic rings. The van der Waals surface area contributed by atoms with E-state index in [1.807, 2.05) is 30.3 Å². The fraction of sp³-hybridized carbons (Fsp3) is 0.200. The number of carbonyl (C=O) groups is 1. The lowest BCUT2D eigenvalue weighted by Crippen LogP contribution is -2.21. The normalized spacial score (nSPS) is 10.2. The summed E-state index contributed by atoms with van der Waals surface area (Å²) in [6.07, 6.45) is 1.59. The summed E-state index contributed by atoms with van der Waals surface area (Å²) in [5.41, 5.74) is 1.74. The molecule has 0 saturated carbocycles. The molecule has 0 spiro atoms. The maximum absolute atomic E-state index is 11.7. The molecule has 0 fully saturated rings. The molecule has 0 unspecified atom stereocenters. The number of rotatable bonds is 4. The summed E-state index contributed by atoms with van der Waals surface area (Å²) < 4.78 is 1.06. The fourth-order valence-electron chi connectivity index (χ4n) is 1.71. The van der Waals surface area contributed by atoms with Crippen molar-refractivity contribution in [3.63, 3.8) is 0 Å². The van der Waals surface area contributed by atoms with Gasteiger partial charge in [0.2, 0.25) is 0 Å². The molecule has 0 radical (unpaired) electrons. The summed E-state index contributed by atoms with van der Waals surface area (Å²) in [4.78, 5) is 17.5. The molecule has 1 N–H and O–H groups in total. The third kappa shape index (κ3) is 3.57. The van der Waals surface area contributed by atoms with Crippen LogP contribution in [0.1, 0.15) is 15.9 Å². The first-order valence-electron chi connectivity index (χ1n) is 6.23. The van der Waals surface area contributed by atoms with Gasteiger partial charge in [0.25, 0.3) is 5.91 Å². The minimum absolute atomic E-state index is 0.0464. The summed E-state index contributed by atoms with van der Waals surface area (Å²) >= 11 is 3.51. The molecule has 0 atom stereocenters. The summed E-state index contributed by atoms with van der Waals surface area (Å²) in [7, 11) is 3.45. The maximum atomic E-state index is 11.7. The molecular weight excluding hydrogens is 318 g/mol. The predicted octanol–water partition coefficient (Wildman–Crippen LogP) is 3.16. The standard InChI is InChI=1S/C15H16BrN3O/c1-19(2)15(20)12-7-8-14(18-10-12)17-9-11-5-3-4-6-13(11)16/h3-8,10H,9H2,1-2H3,(H,17,18). The molecule has 1 amide bonds. The van der Waals surface area contributed by atoms with Crippen molar-refractivity contribution in [2.24, 2.45) is 0 Å². The zero-order valence-corrected chi connectivity index (χ0v) is 13.0. The molecule has 0 saturated heterocycles. The van der Waals surface area contributed by atoms with E-state index in [1.54, 1.807) is 26.4 Å². The third-order valence-corrected chi connectivity index (χ3v) is 3.61. The number of nitrogens with one attached hydrogen (secondary N) is 1. The number of halogens is 1. The molecule has 1 aromatic carbocycles. The lowest BCUT2D eigenvalue weighted by molar-refractivity contribution is 0.0827. The zero-order valence-electron chi connectivity index (χ0n) is 11.4. The monoisotopic (exact) mass is 333 g/mol. The van der Waals surface area contributed by atoms with Crippen LogP contribution in [-0.2, 0) is 6.54 Å². The van der Waals surface area contributed by atoms with Crippen LogP contribution in [0.5, 0.6) is 0 Å². The van der Waals surface area contributed by atoms with Crippen LogP contribution in [0.3, 0.4) is 0 Å². The first kappa shape index (κ1) is 14.5. The average Bonchev–Trinajstić information content (AvgIpc) is 2.46. The number of hydrogen-bond donors (Lipinski definition) is 1. The smallest absolute Gasteiger partial charge is 0.254 e. The number of benzene rings is 1. The SMILES string of the molecule is CN(C)C(=O)c1ccc(NCc2ccccc2Br)nc1. The van der Waals surface area contributed by atoms with Crippen LogP contribution < -0.4 is 5.32 Å². The van der Waals surface area contributed by atoms with Gasteiger partial charge in [-0.3, -0.25) is 4.79 Å². The molecule has 0 bridgehead atoms. The Kier molecular flexibility index (Phi) is 4.74. The summed E-state index contributed by atoms with van der Waals surface area (Å²) in [6, 6.07) is 11.6.